The van der Waals surface area contributed by atoms with Crippen molar-refractivity contribution in [2.75, 3.05) is 26.7 Å². The molecule has 2 rings (SSSR count). The lowest BCUT2D eigenvalue weighted by atomic mass is 10.0. The summed E-state index contributed by atoms with van der Waals surface area (Å²) >= 11 is 0. The van der Waals surface area contributed by atoms with E-state index in [1.54, 1.807) is 4.90 Å². The molecule has 0 spiro atoms. The molecule has 0 bridgehead atoms. The maximum atomic E-state index is 12.1. The van der Waals surface area contributed by atoms with Crippen LogP contribution in [0.15, 0.2) is 6.33 Å². The van der Waals surface area contributed by atoms with Gasteiger partial charge >= 0.3 is 0 Å². The molecule has 6 heteroatoms. The van der Waals surface area contributed by atoms with Crippen molar-refractivity contribution in [1.82, 2.24) is 25.0 Å². The highest BCUT2D eigenvalue weighted by molar-refractivity contribution is 5.90. The predicted molar refractivity (Wildman–Crippen MR) is 68.2 cm³/mol. The summed E-state index contributed by atoms with van der Waals surface area (Å²) in [6.07, 6.45) is 4.63. The summed E-state index contributed by atoms with van der Waals surface area (Å²) in [7, 11) is 1.85. The van der Waals surface area contributed by atoms with Crippen molar-refractivity contribution in [1.29, 1.82) is 0 Å². The molecule has 1 aliphatic rings. The molecular weight excluding hydrogens is 230 g/mol. The van der Waals surface area contributed by atoms with Gasteiger partial charge in [0.05, 0.1) is 0 Å². The number of carbonyl (C=O) groups excluding carboxylic acids is 1. The molecule has 0 saturated carbocycles. The lowest BCUT2D eigenvalue weighted by molar-refractivity contribution is 0.0631. The Balaban J connectivity index is 1.87. The number of H-pyrrole nitrogens is 1. The number of aromatic nitrogens is 3. The smallest absolute Gasteiger partial charge is 0.291 e. The quantitative estimate of drug-likeness (QED) is 0.857. The Morgan fingerprint density at radius 2 is 2.28 bits per heavy atom. The minimum absolute atomic E-state index is 0.0681. The van der Waals surface area contributed by atoms with Crippen molar-refractivity contribution in [3.8, 4) is 0 Å². The molecule has 18 heavy (non-hydrogen) atoms. The lowest BCUT2D eigenvalue weighted by Gasteiger charge is -2.36. The van der Waals surface area contributed by atoms with Crippen molar-refractivity contribution in [2.24, 2.45) is 0 Å². The standard InChI is InChI=1S/C12H21N5O/c1-3-6-17-7-4-10(5-8-17)16(2)12(18)11-13-9-14-15-11/h9-10H,3-8H2,1-2H3,(H,13,14,15). The van der Waals surface area contributed by atoms with Gasteiger partial charge in [0.2, 0.25) is 5.82 Å². The Bertz CT molecular complexity index is 370. The molecule has 1 saturated heterocycles. The van der Waals surface area contributed by atoms with Crippen LogP contribution >= 0.6 is 0 Å². The normalized spacial score (nSPS) is 17.9. The molecule has 100 valence electrons. The third-order valence-electron chi connectivity index (χ3n) is 3.58. The first-order chi connectivity index (χ1) is 8.72. The largest absolute Gasteiger partial charge is 0.336 e. The van der Waals surface area contributed by atoms with Crippen LogP contribution in [0, 0.1) is 0 Å². The first kappa shape index (κ1) is 13.0. The topological polar surface area (TPSA) is 65.1 Å². The number of aromatic amines is 1. The molecule has 1 fully saturated rings. The van der Waals surface area contributed by atoms with Crippen LogP contribution in [0.25, 0.3) is 0 Å². The van der Waals surface area contributed by atoms with Crippen molar-refractivity contribution >= 4 is 5.91 Å². The third kappa shape index (κ3) is 2.87. The highest BCUT2D eigenvalue weighted by Gasteiger charge is 2.26. The van der Waals surface area contributed by atoms with Crippen LogP contribution < -0.4 is 0 Å². The molecular formula is C12H21N5O. The Hall–Kier alpha value is -1.43. The fourth-order valence-corrected chi connectivity index (χ4v) is 2.49. The number of likely N-dealkylation sites (tertiary alicyclic amines) is 1. The first-order valence-corrected chi connectivity index (χ1v) is 6.57. The van der Waals surface area contributed by atoms with E-state index < -0.39 is 0 Å². The van der Waals surface area contributed by atoms with E-state index in [4.69, 9.17) is 0 Å². The summed E-state index contributed by atoms with van der Waals surface area (Å²) in [6, 6.07) is 0.315. The van der Waals surface area contributed by atoms with Gasteiger partial charge in [0.15, 0.2) is 0 Å². The van der Waals surface area contributed by atoms with Crippen LogP contribution in [0.2, 0.25) is 0 Å². The zero-order chi connectivity index (χ0) is 13.0. The Morgan fingerprint density at radius 3 is 2.83 bits per heavy atom. The number of hydrogen-bond donors (Lipinski definition) is 1. The van der Waals surface area contributed by atoms with E-state index in [0.717, 1.165) is 32.5 Å². The van der Waals surface area contributed by atoms with Gasteiger partial charge < -0.3 is 9.80 Å². The fourth-order valence-electron chi connectivity index (χ4n) is 2.49. The predicted octanol–water partition coefficient (Wildman–Crippen LogP) is 0.751. The maximum Gasteiger partial charge on any atom is 0.291 e. The molecule has 0 radical (unpaired) electrons. The van der Waals surface area contributed by atoms with Crippen LogP contribution in [0.5, 0.6) is 0 Å². The van der Waals surface area contributed by atoms with Crippen LogP contribution in [-0.2, 0) is 0 Å². The van der Waals surface area contributed by atoms with Crippen LogP contribution in [0.3, 0.4) is 0 Å². The van der Waals surface area contributed by atoms with E-state index in [0.29, 0.717) is 11.9 Å². The highest BCUT2D eigenvalue weighted by Crippen LogP contribution is 2.16. The summed E-state index contributed by atoms with van der Waals surface area (Å²) in [5.41, 5.74) is 0. The number of nitrogens with zero attached hydrogens (tertiary/aromatic N) is 4. The van der Waals surface area contributed by atoms with Gasteiger partial charge in [-0.2, -0.15) is 5.10 Å². The summed E-state index contributed by atoms with van der Waals surface area (Å²) in [6.45, 7) is 5.51. The average Bonchev–Trinajstić information content (AvgIpc) is 2.92. The van der Waals surface area contributed by atoms with Gasteiger partial charge in [0.1, 0.15) is 6.33 Å². The van der Waals surface area contributed by atoms with Gasteiger partial charge in [-0.25, -0.2) is 4.98 Å². The van der Waals surface area contributed by atoms with Gasteiger partial charge in [-0.1, -0.05) is 6.92 Å². The molecule has 1 N–H and O–H groups in total. The number of piperidine rings is 1. The van der Waals surface area contributed by atoms with E-state index in [1.807, 2.05) is 7.05 Å². The number of nitrogens with one attached hydrogen (secondary N) is 1. The first-order valence-electron chi connectivity index (χ1n) is 6.57. The number of amides is 1. The summed E-state index contributed by atoms with van der Waals surface area (Å²) < 4.78 is 0. The Morgan fingerprint density at radius 1 is 1.56 bits per heavy atom. The molecule has 2 heterocycles. The number of rotatable bonds is 4. The molecule has 1 aromatic heterocycles. The molecule has 0 aliphatic carbocycles. The van der Waals surface area contributed by atoms with Crippen LogP contribution in [0.4, 0.5) is 0 Å². The average molecular weight is 251 g/mol. The summed E-state index contributed by atoms with van der Waals surface area (Å²) in [4.78, 5) is 20.3. The molecule has 1 aliphatic heterocycles. The van der Waals surface area contributed by atoms with E-state index in [1.165, 1.54) is 12.7 Å². The Labute approximate surface area is 107 Å². The van der Waals surface area contributed by atoms with E-state index >= 15 is 0 Å². The zero-order valence-electron chi connectivity index (χ0n) is 11.1. The fraction of sp³-hybridized carbons (Fsp3) is 0.750. The van der Waals surface area contributed by atoms with Crippen LogP contribution in [-0.4, -0.2) is 63.6 Å². The third-order valence-corrected chi connectivity index (χ3v) is 3.58. The second kappa shape index (κ2) is 5.95. The number of carbonyl (C=O) groups is 1. The zero-order valence-corrected chi connectivity index (χ0v) is 11.1. The number of hydrogen-bond acceptors (Lipinski definition) is 4. The molecule has 1 aromatic rings. The monoisotopic (exact) mass is 251 g/mol. The van der Waals surface area contributed by atoms with E-state index in [2.05, 4.69) is 27.0 Å². The van der Waals surface area contributed by atoms with E-state index in [-0.39, 0.29) is 5.91 Å². The van der Waals surface area contributed by atoms with Gasteiger partial charge in [-0.05, 0) is 25.8 Å². The molecule has 0 aromatic carbocycles. The van der Waals surface area contributed by atoms with Crippen molar-refractivity contribution in [3.05, 3.63) is 12.2 Å². The van der Waals surface area contributed by atoms with Gasteiger partial charge in [-0.15, -0.1) is 0 Å². The molecule has 0 atom stereocenters. The molecule has 6 nitrogen and oxygen atoms in total. The van der Waals surface area contributed by atoms with Crippen molar-refractivity contribution in [2.45, 2.75) is 32.2 Å². The lowest BCUT2D eigenvalue weighted by Crippen LogP contribution is -2.46. The maximum absolute atomic E-state index is 12.1. The minimum atomic E-state index is -0.0681. The second-order valence-electron chi connectivity index (χ2n) is 4.82. The summed E-state index contributed by atoms with van der Waals surface area (Å²) in [5, 5.41) is 6.34. The second-order valence-corrected chi connectivity index (χ2v) is 4.82. The minimum Gasteiger partial charge on any atom is -0.336 e. The van der Waals surface area contributed by atoms with Crippen molar-refractivity contribution in [3.63, 3.8) is 0 Å². The van der Waals surface area contributed by atoms with Gasteiger partial charge in [0, 0.05) is 26.2 Å². The van der Waals surface area contributed by atoms with E-state index in [9.17, 15) is 4.79 Å². The van der Waals surface area contributed by atoms with Crippen LogP contribution in [0.1, 0.15) is 36.8 Å². The SMILES string of the molecule is CCCN1CCC(N(C)C(=O)c2ncn[nH]2)CC1. The van der Waals surface area contributed by atoms with Gasteiger partial charge in [0.25, 0.3) is 5.91 Å². The Kier molecular flexibility index (Phi) is 4.30. The molecule has 1 amide bonds. The van der Waals surface area contributed by atoms with Gasteiger partial charge in [-0.3, -0.25) is 9.89 Å². The van der Waals surface area contributed by atoms with Crippen molar-refractivity contribution < 1.29 is 4.79 Å². The summed E-state index contributed by atoms with van der Waals surface area (Å²) in [5.74, 6) is 0.259. The highest BCUT2D eigenvalue weighted by atomic mass is 16.2. The molecule has 0 unspecified atom stereocenters.